The zero-order valence-electron chi connectivity index (χ0n) is 11.8. The van der Waals surface area contributed by atoms with Crippen LogP contribution in [0.5, 0.6) is 0 Å². The predicted molar refractivity (Wildman–Crippen MR) is 83.8 cm³/mol. The molecule has 0 bridgehead atoms. The smallest absolute Gasteiger partial charge is 0.155 e. The fourth-order valence-corrected chi connectivity index (χ4v) is 2.25. The van der Waals surface area contributed by atoms with Crippen molar-refractivity contribution in [2.45, 2.75) is 6.54 Å². The molecular formula is C17H16N4. The quantitative estimate of drug-likeness (QED) is 0.734. The van der Waals surface area contributed by atoms with Gasteiger partial charge in [0.1, 0.15) is 5.69 Å². The second kappa shape index (κ2) is 6.13. The second-order valence-corrected chi connectivity index (χ2v) is 4.81. The van der Waals surface area contributed by atoms with Crippen LogP contribution in [0.4, 0.5) is 5.82 Å². The van der Waals surface area contributed by atoms with Crippen LogP contribution in [0.2, 0.25) is 0 Å². The summed E-state index contributed by atoms with van der Waals surface area (Å²) in [6, 6.07) is 14.2. The third-order valence-corrected chi connectivity index (χ3v) is 3.24. The van der Waals surface area contributed by atoms with Crippen LogP contribution in [0.1, 0.15) is 5.56 Å². The maximum Gasteiger partial charge on any atom is 0.155 e. The van der Waals surface area contributed by atoms with E-state index < -0.39 is 0 Å². The number of hydrogen-bond donors (Lipinski definition) is 0. The predicted octanol–water partition coefficient (Wildman–Crippen LogP) is 3.18. The SMILES string of the molecule is CN(Cc1ccccc1)c1nccnc1-c1cccnc1. The number of nitrogens with zero attached hydrogens (tertiary/aromatic N) is 4. The number of hydrogen-bond acceptors (Lipinski definition) is 4. The largest absolute Gasteiger partial charge is 0.354 e. The summed E-state index contributed by atoms with van der Waals surface area (Å²) in [5, 5.41) is 0. The first-order chi connectivity index (χ1) is 10.3. The zero-order chi connectivity index (χ0) is 14.5. The number of benzene rings is 1. The van der Waals surface area contributed by atoms with Crippen LogP contribution in [0.3, 0.4) is 0 Å². The molecule has 0 radical (unpaired) electrons. The van der Waals surface area contributed by atoms with E-state index >= 15 is 0 Å². The third-order valence-electron chi connectivity index (χ3n) is 3.24. The van der Waals surface area contributed by atoms with Crippen LogP contribution in [0.25, 0.3) is 11.3 Å². The van der Waals surface area contributed by atoms with Gasteiger partial charge in [0.05, 0.1) is 0 Å². The molecule has 2 aromatic heterocycles. The summed E-state index contributed by atoms with van der Waals surface area (Å²) < 4.78 is 0. The molecule has 0 aliphatic heterocycles. The van der Waals surface area contributed by atoms with Gasteiger partial charge in [0.15, 0.2) is 5.82 Å². The van der Waals surface area contributed by atoms with Gasteiger partial charge in [0.25, 0.3) is 0 Å². The molecule has 104 valence electrons. The van der Waals surface area contributed by atoms with Crippen LogP contribution < -0.4 is 4.90 Å². The number of pyridine rings is 1. The van der Waals surface area contributed by atoms with Crippen molar-refractivity contribution in [3.63, 3.8) is 0 Å². The average Bonchev–Trinajstić information content (AvgIpc) is 2.56. The highest BCUT2D eigenvalue weighted by Gasteiger charge is 2.12. The molecule has 21 heavy (non-hydrogen) atoms. The van der Waals surface area contributed by atoms with Crippen molar-refractivity contribution in [2.75, 3.05) is 11.9 Å². The summed E-state index contributed by atoms with van der Waals surface area (Å²) in [5.41, 5.74) is 3.06. The van der Waals surface area contributed by atoms with E-state index in [-0.39, 0.29) is 0 Å². The fourth-order valence-electron chi connectivity index (χ4n) is 2.25. The molecule has 4 heteroatoms. The lowest BCUT2D eigenvalue weighted by Gasteiger charge is -2.20. The third kappa shape index (κ3) is 3.05. The van der Waals surface area contributed by atoms with Crippen molar-refractivity contribution >= 4 is 5.82 Å². The highest BCUT2D eigenvalue weighted by molar-refractivity contribution is 5.71. The Hall–Kier alpha value is -2.75. The average molecular weight is 276 g/mol. The molecule has 0 saturated carbocycles. The molecule has 4 nitrogen and oxygen atoms in total. The number of rotatable bonds is 4. The van der Waals surface area contributed by atoms with Crippen molar-refractivity contribution in [3.05, 3.63) is 72.8 Å². The molecule has 0 aliphatic rings. The maximum atomic E-state index is 4.49. The Labute approximate surface area is 124 Å². The Bertz CT molecular complexity index is 698. The summed E-state index contributed by atoms with van der Waals surface area (Å²) in [7, 11) is 2.02. The molecule has 0 aliphatic carbocycles. The minimum Gasteiger partial charge on any atom is -0.354 e. The first-order valence-corrected chi connectivity index (χ1v) is 6.81. The molecule has 0 spiro atoms. The maximum absolute atomic E-state index is 4.49. The summed E-state index contributed by atoms with van der Waals surface area (Å²) in [4.78, 5) is 15.2. The molecule has 1 aromatic carbocycles. The fraction of sp³-hybridized carbons (Fsp3) is 0.118. The Kier molecular flexibility index (Phi) is 3.87. The van der Waals surface area contributed by atoms with E-state index in [1.54, 1.807) is 18.6 Å². The minimum absolute atomic E-state index is 0.785. The van der Waals surface area contributed by atoms with E-state index in [1.807, 2.05) is 43.6 Å². The van der Waals surface area contributed by atoms with Gasteiger partial charge >= 0.3 is 0 Å². The van der Waals surface area contributed by atoms with E-state index in [9.17, 15) is 0 Å². The van der Waals surface area contributed by atoms with Crippen molar-refractivity contribution in [1.29, 1.82) is 0 Å². The highest BCUT2D eigenvalue weighted by atomic mass is 15.2. The van der Waals surface area contributed by atoms with Crippen LogP contribution in [0, 0.1) is 0 Å². The van der Waals surface area contributed by atoms with Gasteiger partial charge in [-0.25, -0.2) is 4.98 Å². The summed E-state index contributed by atoms with van der Waals surface area (Å²) >= 11 is 0. The van der Waals surface area contributed by atoms with E-state index in [1.165, 1.54) is 5.56 Å². The summed E-state index contributed by atoms with van der Waals surface area (Å²) in [5.74, 6) is 0.856. The van der Waals surface area contributed by atoms with Crippen molar-refractivity contribution in [3.8, 4) is 11.3 Å². The lowest BCUT2D eigenvalue weighted by molar-refractivity contribution is 0.892. The molecule has 2 heterocycles. The van der Waals surface area contributed by atoms with Gasteiger partial charge in [-0.15, -0.1) is 0 Å². The van der Waals surface area contributed by atoms with Gasteiger partial charge in [-0.1, -0.05) is 30.3 Å². The first-order valence-electron chi connectivity index (χ1n) is 6.81. The van der Waals surface area contributed by atoms with Gasteiger partial charge in [-0.05, 0) is 17.7 Å². The molecule has 0 atom stereocenters. The van der Waals surface area contributed by atoms with Gasteiger partial charge < -0.3 is 4.90 Å². The molecular weight excluding hydrogens is 260 g/mol. The van der Waals surface area contributed by atoms with Crippen molar-refractivity contribution in [1.82, 2.24) is 15.0 Å². The highest BCUT2D eigenvalue weighted by Crippen LogP contribution is 2.25. The number of aromatic nitrogens is 3. The Morgan fingerprint density at radius 1 is 0.905 bits per heavy atom. The summed E-state index contributed by atoms with van der Waals surface area (Å²) in [6.45, 7) is 0.785. The van der Waals surface area contributed by atoms with Gasteiger partial charge in [-0.2, -0.15) is 0 Å². The van der Waals surface area contributed by atoms with Gasteiger partial charge in [0.2, 0.25) is 0 Å². The van der Waals surface area contributed by atoms with Crippen LogP contribution in [-0.2, 0) is 6.54 Å². The van der Waals surface area contributed by atoms with Crippen LogP contribution in [-0.4, -0.2) is 22.0 Å². The lowest BCUT2D eigenvalue weighted by atomic mass is 10.2. The normalized spacial score (nSPS) is 10.3. The zero-order valence-corrected chi connectivity index (χ0v) is 11.8. The number of anilines is 1. The Morgan fingerprint density at radius 2 is 1.71 bits per heavy atom. The Morgan fingerprint density at radius 3 is 2.48 bits per heavy atom. The van der Waals surface area contributed by atoms with Crippen molar-refractivity contribution < 1.29 is 0 Å². The molecule has 3 rings (SSSR count). The van der Waals surface area contributed by atoms with E-state index in [2.05, 4.69) is 32.0 Å². The van der Waals surface area contributed by atoms with E-state index in [4.69, 9.17) is 0 Å². The van der Waals surface area contributed by atoms with E-state index in [0.717, 1.165) is 23.6 Å². The van der Waals surface area contributed by atoms with Crippen molar-refractivity contribution in [2.24, 2.45) is 0 Å². The topological polar surface area (TPSA) is 41.9 Å². The monoisotopic (exact) mass is 276 g/mol. The molecule has 0 unspecified atom stereocenters. The van der Waals surface area contributed by atoms with E-state index in [0.29, 0.717) is 0 Å². The molecule has 0 N–H and O–H groups in total. The Balaban J connectivity index is 1.92. The second-order valence-electron chi connectivity index (χ2n) is 4.81. The molecule has 0 fully saturated rings. The molecule has 3 aromatic rings. The standard InChI is InChI=1S/C17H16N4/c1-21(13-14-6-3-2-4-7-14)17-16(19-10-11-20-17)15-8-5-9-18-12-15/h2-12H,13H2,1H3. The van der Waals surface area contributed by atoms with Gasteiger partial charge in [-0.3, -0.25) is 9.97 Å². The van der Waals surface area contributed by atoms with Gasteiger partial charge in [0, 0.05) is 43.9 Å². The van der Waals surface area contributed by atoms with Crippen LogP contribution >= 0.6 is 0 Å². The first kappa shape index (κ1) is 13.2. The molecule has 0 saturated heterocycles. The minimum atomic E-state index is 0.785. The summed E-state index contributed by atoms with van der Waals surface area (Å²) in [6.07, 6.45) is 7.00. The van der Waals surface area contributed by atoms with Crippen LogP contribution in [0.15, 0.2) is 67.3 Å². The lowest BCUT2D eigenvalue weighted by Crippen LogP contribution is -2.19. The molecule has 0 amide bonds.